The van der Waals surface area contributed by atoms with E-state index < -0.39 is 29.7 Å². The molecule has 0 aliphatic heterocycles. The zero-order valence-corrected chi connectivity index (χ0v) is 18.5. The molecule has 10 heteroatoms. The van der Waals surface area contributed by atoms with Gasteiger partial charge in [0, 0.05) is 23.4 Å². The average molecular weight is 486 g/mol. The summed E-state index contributed by atoms with van der Waals surface area (Å²) in [6.07, 6.45) is -5.31. The fourth-order valence-corrected chi connectivity index (χ4v) is 2.98. The molecule has 35 heavy (non-hydrogen) atoms. The van der Waals surface area contributed by atoms with Gasteiger partial charge in [0.15, 0.2) is 0 Å². The Morgan fingerprint density at radius 2 is 1.49 bits per heavy atom. The Kier molecular flexibility index (Phi) is 8.08. The van der Waals surface area contributed by atoms with E-state index in [2.05, 4.69) is 15.4 Å². The minimum atomic E-state index is -4.47. The lowest BCUT2D eigenvalue weighted by Crippen LogP contribution is -2.23. The van der Waals surface area contributed by atoms with Gasteiger partial charge in [-0.15, -0.1) is 0 Å². The van der Waals surface area contributed by atoms with Crippen molar-refractivity contribution in [2.24, 2.45) is 0 Å². The smallest absolute Gasteiger partial charge is 0.434 e. The molecule has 0 atom stereocenters. The van der Waals surface area contributed by atoms with Crippen LogP contribution in [0, 0.1) is 0 Å². The first-order valence-corrected chi connectivity index (χ1v) is 10.5. The van der Waals surface area contributed by atoms with Gasteiger partial charge in [-0.05, 0) is 73.2 Å². The van der Waals surface area contributed by atoms with Gasteiger partial charge in [-0.1, -0.05) is 12.1 Å². The van der Waals surface area contributed by atoms with Crippen molar-refractivity contribution in [1.29, 1.82) is 0 Å². The van der Waals surface area contributed by atoms with Gasteiger partial charge in [-0.25, -0.2) is 4.79 Å². The quantitative estimate of drug-likeness (QED) is 0.344. The molecule has 0 radical (unpaired) electrons. The number of amides is 2. The van der Waals surface area contributed by atoms with E-state index in [9.17, 15) is 27.6 Å². The predicted molar refractivity (Wildman–Crippen MR) is 121 cm³/mol. The minimum absolute atomic E-state index is 0.0952. The average Bonchev–Trinajstić information content (AvgIpc) is 2.83. The summed E-state index contributed by atoms with van der Waals surface area (Å²) in [5, 5.41) is 5.36. The number of carbonyl (C=O) groups is 3. The summed E-state index contributed by atoms with van der Waals surface area (Å²) in [6, 6.07) is 16.5. The van der Waals surface area contributed by atoms with E-state index in [4.69, 9.17) is 4.74 Å². The molecule has 2 N–H and O–H groups in total. The maximum Gasteiger partial charge on any atom is 0.513 e. The molecule has 0 heterocycles. The second-order valence-corrected chi connectivity index (χ2v) is 7.22. The molecular weight excluding hydrogens is 465 g/mol. The highest BCUT2D eigenvalue weighted by atomic mass is 19.4. The number of rotatable bonds is 7. The van der Waals surface area contributed by atoms with E-state index in [0.29, 0.717) is 16.8 Å². The predicted octanol–water partition coefficient (Wildman–Crippen LogP) is 5.42. The molecule has 3 aromatic carbocycles. The van der Waals surface area contributed by atoms with Crippen LogP contribution >= 0.6 is 0 Å². The third kappa shape index (κ3) is 7.32. The lowest BCUT2D eigenvalue weighted by atomic mass is 10.1. The molecule has 3 aromatic rings. The van der Waals surface area contributed by atoms with Crippen LogP contribution in [0.15, 0.2) is 72.8 Å². The van der Waals surface area contributed by atoms with Crippen LogP contribution in [0.5, 0.6) is 5.75 Å². The van der Waals surface area contributed by atoms with Crippen LogP contribution in [0.25, 0.3) is 0 Å². The molecule has 0 aliphatic rings. The Hall–Kier alpha value is -4.34. The summed E-state index contributed by atoms with van der Waals surface area (Å²) in [4.78, 5) is 36.1. The van der Waals surface area contributed by atoms with Crippen LogP contribution in [0.3, 0.4) is 0 Å². The van der Waals surface area contributed by atoms with Crippen LogP contribution in [0.2, 0.25) is 0 Å². The lowest BCUT2D eigenvalue weighted by molar-refractivity contribution is -0.137. The summed E-state index contributed by atoms with van der Waals surface area (Å²) in [5.41, 5.74) is 0.725. The number of halogens is 3. The number of benzene rings is 3. The van der Waals surface area contributed by atoms with Crippen LogP contribution in [0.1, 0.15) is 38.8 Å². The first-order chi connectivity index (χ1) is 16.7. The van der Waals surface area contributed by atoms with Crippen LogP contribution in [-0.4, -0.2) is 24.6 Å². The van der Waals surface area contributed by atoms with E-state index in [0.717, 1.165) is 24.3 Å². The third-order valence-electron chi connectivity index (χ3n) is 4.69. The number of anilines is 1. The van der Waals surface area contributed by atoms with Crippen molar-refractivity contribution < 1.29 is 37.0 Å². The largest absolute Gasteiger partial charge is 0.513 e. The minimum Gasteiger partial charge on any atom is -0.434 e. The number of ether oxygens (including phenoxy) is 2. The zero-order valence-electron chi connectivity index (χ0n) is 18.5. The van der Waals surface area contributed by atoms with Gasteiger partial charge < -0.3 is 20.1 Å². The van der Waals surface area contributed by atoms with Crippen molar-refractivity contribution in [3.05, 3.63) is 95.1 Å². The number of hydrogen-bond acceptors (Lipinski definition) is 5. The van der Waals surface area contributed by atoms with Crippen LogP contribution < -0.4 is 15.4 Å². The number of alkyl halides is 3. The molecule has 2 amide bonds. The number of carbonyl (C=O) groups excluding carboxylic acids is 3. The molecule has 182 valence electrons. The highest BCUT2D eigenvalue weighted by Crippen LogP contribution is 2.29. The third-order valence-corrected chi connectivity index (χ3v) is 4.69. The summed E-state index contributed by atoms with van der Waals surface area (Å²) < 4.78 is 47.6. The Bertz CT molecular complexity index is 1190. The molecular formula is C25H21F3N2O5. The molecule has 7 nitrogen and oxygen atoms in total. The first kappa shape index (κ1) is 25.3. The molecule has 0 aromatic heterocycles. The van der Waals surface area contributed by atoms with Crippen molar-refractivity contribution in [1.82, 2.24) is 5.32 Å². The van der Waals surface area contributed by atoms with Crippen molar-refractivity contribution in [2.45, 2.75) is 19.6 Å². The normalized spacial score (nSPS) is 10.9. The van der Waals surface area contributed by atoms with Crippen molar-refractivity contribution in [2.75, 3.05) is 11.9 Å². The summed E-state index contributed by atoms with van der Waals surface area (Å²) in [7, 11) is 0. The highest BCUT2D eigenvalue weighted by Gasteiger charge is 2.30. The Morgan fingerprint density at radius 3 is 2.11 bits per heavy atom. The number of hydrogen-bond donors (Lipinski definition) is 2. The van der Waals surface area contributed by atoms with Crippen molar-refractivity contribution in [3.8, 4) is 5.75 Å². The van der Waals surface area contributed by atoms with Gasteiger partial charge in [0.25, 0.3) is 11.8 Å². The van der Waals surface area contributed by atoms with Gasteiger partial charge in [-0.2, -0.15) is 13.2 Å². The van der Waals surface area contributed by atoms with Gasteiger partial charge in [0.1, 0.15) is 5.75 Å². The summed E-state index contributed by atoms with van der Waals surface area (Å²) >= 11 is 0. The van der Waals surface area contributed by atoms with E-state index >= 15 is 0 Å². The molecule has 0 unspecified atom stereocenters. The second kappa shape index (κ2) is 11.2. The fourth-order valence-electron chi connectivity index (χ4n) is 2.98. The maximum absolute atomic E-state index is 12.7. The van der Waals surface area contributed by atoms with E-state index in [1.165, 1.54) is 24.3 Å². The van der Waals surface area contributed by atoms with Gasteiger partial charge in [0.05, 0.1) is 12.2 Å². The van der Waals surface area contributed by atoms with Gasteiger partial charge >= 0.3 is 12.3 Å². The fraction of sp³-hybridized carbons (Fsp3) is 0.160. The molecule has 0 spiro atoms. The molecule has 0 bridgehead atoms. The molecule has 3 rings (SSSR count). The molecule has 0 fully saturated rings. The van der Waals surface area contributed by atoms with E-state index in [-0.39, 0.29) is 24.5 Å². The first-order valence-electron chi connectivity index (χ1n) is 10.5. The van der Waals surface area contributed by atoms with Gasteiger partial charge in [0.2, 0.25) is 0 Å². The Labute approximate surface area is 198 Å². The standard InChI is InChI=1S/C25H21F3N2O5/c1-2-34-24(33)35-21-12-8-18(9-13-21)23(32)30-20-5-3-4-16(14-20)15-29-22(31)17-6-10-19(11-7-17)25(26,27)28/h3-14H,2,15H2,1H3,(H,29,31)(H,30,32). The SMILES string of the molecule is CCOC(=O)Oc1ccc(C(=O)Nc2cccc(CNC(=O)c3ccc(C(F)(F)F)cc3)c2)cc1. The second-order valence-electron chi connectivity index (χ2n) is 7.22. The zero-order chi connectivity index (χ0) is 25.4. The maximum atomic E-state index is 12.7. The monoisotopic (exact) mass is 486 g/mol. The van der Waals surface area contributed by atoms with E-state index in [1.807, 2.05) is 0 Å². The van der Waals surface area contributed by atoms with Crippen LogP contribution in [-0.2, 0) is 17.5 Å². The lowest BCUT2D eigenvalue weighted by Gasteiger charge is -2.10. The molecule has 0 aliphatic carbocycles. The van der Waals surface area contributed by atoms with Crippen LogP contribution in [0.4, 0.5) is 23.7 Å². The molecule has 0 saturated carbocycles. The summed E-state index contributed by atoms with van der Waals surface area (Å²) in [6.45, 7) is 1.93. The Morgan fingerprint density at radius 1 is 0.857 bits per heavy atom. The number of nitrogens with one attached hydrogen (secondary N) is 2. The Balaban J connectivity index is 1.56. The van der Waals surface area contributed by atoms with Gasteiger partial charge in [-0.3, -0.25) is 9.59 Å². The van der Waals surface area contributed by atoms with Crippen molar-refractivity contribution >= 4 is 23.7 Å². The highest BCUT2D eigenvalue weighted by molar-refractivity contribution is 6.04. The molecule has 0 saturated heterocycles. The topological polar surface area (TPSA) is 93.7 Å². The van der Waals surface area contributed by atoms with E-state index in [1.54, 1.807) is 31.2 Å². The summed E-state index contributed by atoms with van der Waals surface area (Å²) in [5.74, 6) is -0.706. The van der Waals surface area contributed by atoms with Crippen molar-refractivity contribution in [3.63, 3.8) is 0 Å².